The van der Waals surface area contributed by atoms with Gasteiger partial charge in [-0.25, -0.2) is 4.98 Å². The van der Waals surface area contributed by atoms with Crippen molar-refractivity contribution in [2.75, 3.05) is 5.32 Å². The number of aromatic nitrogens is 3. The molecule has 0 unspecified atom stereocenters. The topological polar surface area (TPSA) is 42.7 Å². The number of hydrogen-bond donors (Lipinski definition) is 1. The van der Waals surface area contributed by atoms with E-state index in [1.807, 2.05) is 19.4 Å². The molecule has 2 heterocycles. The first-order valence-electron chi connectivity index (χ1n) is 4.07. The summed E-state index contributed by atoms with van der Waals surface area (Å²) in [7, 11) is 1.89. The van der Waals surface area contributed by atoms with Gasteiger partial charge in [-0.15, -0.1) is 0 Å². The standard InChI is InChI=1S/C8H9ClN4S/c1-13-5-6(3-12-13)2-10-8-11-4-7(9)14-8/h3-5H,2H2,1H3,(H,10,11). The van der Waals surface area contributed by atoms with Crippen LogP contribution in [-0.2, 0) is 13.6 Å². The van der Waals surface area contributed by atoms with Crippen molar-refractivity contribution < 1.29 is 0 Å². The molecule has 74 valence electrons. The van der Waals surface area contributed by atoms with Gasteiger partial charge >= 0.3 is 0 Å². The Morgan fingerprint density at radius 1 is 1.57 bits per heavy atom. The van der Waals surface area contributed by atoms with E-state index in [-0.39, 0.29) is 0 Å². The summed E-state index contributed by atoms with van der Waals surface area (Å²) in [5.74, 6) is 0. The Morgan fingerprint density at radius 3 is 3.00 bits per heavy atom. The van der Waals surface area contributed by atoms with E-state index in [2.05, 4.69) is 15.4 Å². The van der Waals surface area contributed by atoms with E-state index in [1.54, 1.807) is 10.9 Å². The van der Waals surface area contributed by atoms with Gasteiger partial charge in [-0.05, 0) is 0 Å². The van der Waals surface area contributed by atoms with Crippen molar-refractivity contribution in [3.8, 4) is 0 Å². The second-order valence-electron chi connectivity index (χ2n) is 2.85. The summed E-state index contributed by atoms with van der Waals surface area (Å²) in [6, 6.07) is 0. The van der Waals surface area contributed by atoms with Gasteiger partial charge in [0.2, 0.25) is 0 Å². The molecule has 2 aromatic rings. The second-order valence-corrected chi connectivity index (χ2v) is 4.51. The maximum Gasteiger partial charge on any atom is 0.184 e. The maximum atomic E-state index is 5.75. The molecule has 6 heteroatoms. The van der Waals surface area contributed by atoms with Crippen molar-refractivity contribution in [1.29, 1.82) is 0 Å². The van der Waals surface area contributed by atoms with Crippen LogP contribution in [0, 0.1) is 0 Å². The van der Waals surface area contributed by atoms with Crippen LogP contribution in [0.15, 0.2) is 18.6 Å². The molecule has 0 saturated heterocycles. The number of halogens is 1. The zero-order valence-corrected chi connectivity index (χ0v) is 9.14. The van der Waals surface area contributed by atoms with Gasteiger partial charge < -0.3 is 5.32 Å². The van der Waals surface area contributed by atoms with Crippen molar-refractivity contribution in [1.82, 2.24) is 14.8 Å². The van der Waals surface area contributed by atoms with E-state index in [1.165, 1.54) is 11.3 Å². The average Bonchev–Trinajstić information content (AvgIpc) is 2.72. The molecule has 0 spiro atoms. The highest BCUT2D eigenvalue weighted by Crippen LogP contribution is 2.22. The first kappa shape index (κ1) is 9.48. The molecule has 0 bridgehead atoms. The van der Waals surface area contributed by atoms with Crippen LogP contribution in [0.5, 0.6) is 0 Å². The summed E-state index contributed by atoms with van der Waals surface area (Å²) in [6.45, 7) is 0.720. The molecule has 0 amide bonds. The minimum absolute atomic E-state index is 0.693. The third-order valence-electron chi connectivity index (χ3n) is 1.68. The lowest BCUT2D eigenvalue weighted by molar-refractivity contribution is 0.767. The average molecular weight is 229 g/mol. The van der Waals surface area contributed by atoms with Gasteiger partial charge in [-0.1, -0.05) is 22.9 Å². The number of nitrogens with zero attached hydrogens (tertiary/aromatic N) is 3. The van der Waals surface area contributed by atoms with Gasteiger partial charge in [0.05, 0.1) is 12.4 Å². The second kappa shape index (κ2) is 3.98. The van der Waals surface area contributed by atoms with Crippen LogP contribution < -0.4 is 5.32 Å². The molecule has 0 aliphatic rings. The number of rotatable bonds is 3. The minimum Gasteiger partial charge on any atom is -0.357 e. The molecule has 0 radical (unpaired) electrons. The van der Waals surface area contributed by atoms with Gasteiger partial charge in [-0.3, -0.25) is 4.68 Å². The zero-order valence-electron chi connectivity index (χ0n) is 7.57. The van der Waals surface area contributed by atoms with Gasteiger partial charge in [0, 0.05) is 25.4 Å². The molecular formula is C8H9ClN4S. The predicted molar refractivity (Wildman–Crippen MR) is 57.7 cm³/mol. The monoisotopic (exact) mass is 228 g/mol. The van der Waals surface area contributed by atoms with Crippen molar-refractivity contribution in [2.45, 2.75) is 6.54 Å². The van der Waals surface area contributed by atoms with E-state index < -0.39 is 0 Å². The highest BCUT2D eigenvalue weighted by Gasteiger charge is 2.00. The zero-order chi connectivity index (χ0) is 9.97. The number of aryl methyl sites for hydroxylation is 1. The van der Waals surface area contributed by atoms with E-state index in [0.717, 1.165) is 17.2 Å². The summed E-state index contributed by atoms with van der Waals surface area (Å²) in [5, 5.41) is 8.06. The maximum absolute atomic E-state index is 5.75. The van der Waals surface area contributed by atoms with E-state index in [0.29, 0.717) is 4.34 Å². The lowest BCUT2D eigenvalue weighted by Gasteiger charge is -1.97. The van der Waals surface area contributed by atoms with E-state index in [9.17, 15) is 0 Å². The summed E-state index contributed by atoms with van der Waals surface area (Å²) < 4.78 is 2.46. The molecule has 14 heavy (non-hydrogen) atoms. The fourth-order valence-electron chi connectivity index (χ4n) is 1.08. The molecule has 0 aromatic carbocycles. The highest BCUT2D eigenvalue weighted by molar-refractivity contribution is 7.19. The Balaban J connectivity index is 1.94. The molecule has 0 atom stereocenters. The molecule has 2 aromatic heterocycles. The molecular weight excluding hydrogens is 220 g/mol. The smallest absolute Gasteiger partial charge is 0.184 e. The Morgan fingerprint density at radius 2 is 2.43 bits per heavy atom. The summed E-state index contributed by atoms with van der Waals surface area (Å²) in [5.41, 5.74) is 1.12. The Labute approximate surface area is 90.5 Å². The van der Waals surface area contributed by atoms with Crippen LogP contribution >= 0.6 is 22.9 Å². The van der Waals surface area contributed by atoms with Crippen LogP contribution in [0.4, 0.5) is 5.13 Å². The van der Waals surface area contributed by atoms with Crippen LogP contribution in [0.2, 0.25) is 4.34 Å². The van der Waals surface area contributed by atoms with Crippen LogP contribution in [0.25, 0.3) is 0 Å². The van der Waals surface area contributed by atoms with Crippen molar-refractivity contribution >= 4 is 28.1 Å². The van der Waals surface area contributed by atoms with Gasteiger partial charge in [0.25, 0.3) is 0 Å². The van der Waals surface area contributed by atoms with Gasteiger partial charge in [0.1, 0.15) is 4.34 Å². The summed E-state index contributed by atoms with van der Waals surface area (Å²) >= 11 is 7.18. The lowest BCUT2D eigenvalue weighted by atomic mass is 10.4. The SMILES string of the molecule is Cn1cc(CNc2ncc(Cl)s2)cn1. The molecule has 0 fully saturated rings. The quantitative estimate of drug-likeness (QED) is 0.876. The summed E-state index contributed by atoms with van der Waals surface area (Å²) in [6.07, 6.45) is 5.42. The van der Waals surface area contributed by atoms with Crippen molar-refractivity contribution in [2.24, 2.45) is 7.05 Å². The van der Waals surface area contributed by atoms with E-state index in [4.69, 9.17) is 11.6 Å². The highest BCUT2D eigenvalue weighted by atomic mass is 35.5. The van der Waals surface area contributed by atoms with Crippen LogP contribution in [-0.4, -0.2) is 14.8 Å². The largest absolute Gasteiger partial charge is 0.357 e. The Kier molecular flexibility index (Phi) is 2.69. The first-order valence-corrected chi connectivity index (χ1v) is 5.26. The summed E-state index contributed by atoms with van der Waals surface area (Å²) in [4.78, 5) is 4.09. The van der Waals surface area contributed by atoms with Gasteiger partial charge in [0.15, 0.2) is 5.13 Å². The van der Waals surface area contributed by atoms with Crippen molar-refractivity contribution in [3.63, 3.8) is 0 Å². The minimum atomic E-state index is 0.693. The number of nitrogens with one attached hydrogen (secondary N) is 1. The van der Waals surface area contributed by atoms with Crippen molar-refractivity contribution in [3.05, 3.63) is 28.5 Å². The van der Waals surface area contributed by atoms with Crippen LogP contribution in [0.1, 0.15) is 5.56 Å². The fourth-order valence-corrected chi connectivity index (χ4v) is 1.88. The Hall–Kier alpha value is -1.07. The fraction of sp³-hybridized carbons (Fsp3) is 0.250. The molecule has 1 N–H and O–H groups in total. The Bertz CT molecular complexity index is 382. The number of hydrogen-bond acceptors (Lipinski definition) is 4. The first-order chi connectivity index (χ1) is 6.74. The molecule has 0 aliphatic heterocycles. The normalized spacial score (nSPS) is 10.4. The molecule has 4 nitrogen and oxygen atoms in total. The molecule has 0 aliphatic carbocycles. The molecule has 2 rings (SSSR count). The lowest BCUT2D eigenvalue weighted by Crippen LogP contribution is -1.97. The number of thiazole rings is 1. The van der Waals surface area contributed by atoms with Gasteiger partial charge in [-0.2, -0.15) is 5.10 Å². The third-order valence-corrected chi connectivity index (χ3v) is 2.75. The predicted octanol–water partition coefficient (Wildman–Crippen LogP) is 2.14. The van der Waals surface area contributed by atoms with Crippen LogP contribution in [0.3, 0.4) is 0 Å². The van der Waals surface area contributed by atoms with E-state index >= 15 is 0 Å². The third kappa shape index (κ3) is 2.24. The molecule has 0 saturated carbocycles. The number of anilines is 1.